The molecule has 0 unspecified atom stereocenters. The number of carbonyl (C=O) groups excluding carboxylic acids is 1. The lowest BCUT2D eigenvalue weighted by Crippen LogP contribution is -2.63. The Labute approximate surface area is 140 Å². The minimum absolute atomic E-state index is 0.0446. The molecule has 0 aromatic heterocycles. The summed E-state index contributed by atoms with van der Waals surface area (Å²) in [5, 5.41) is 3.53. The highest BCUT2D eigenvalue weighted by Crippen LogP contribution is 2.55. The molecule has 0 aromatic rings. The lowest BCUT2D eigenvalue weighted by molar-refractivity contribution is -0.137. The van der Waals surface area contributed by atoms with Crippen LogP contribution in [0.15, 0.2) is 0 Å². The molecule has 0 spiro atoms. The van der Waals surface area contributed by atoms with Crippen LogP contribution < -0.4 is 5.32 Å². The summed E-state index contributed by atoms with van der Waals surface area (Å²) < 4.78 is 5.81. The minimum atomic E-state index is -0.0446. The monoisotopic (exact) mass is 320 g/mol. The molecule has 0 aromatic carbocycles. The Morgan fingerprint density at radius 1 is 1.04 bits per heavy atom. The molecule has 5 rings (SSSR count). The van der Waals surface area contributed by atoms with E-state index in [0.29, 0.717) is 0 Å². The van der Waals surface area contributed by atoms with Gasteiger partial charge in [-0.05, 0) is 77.0 Å². The maximum atomic E-state index is 12.9. The van der Waals surface area contributed by atoms with E-state index in [2.05, 4.69) is 31.0 Å². The van der Waals surface area contributed by atoms with Crippen LogP contribution in [0.3, 0.4) is 0 Å². The van der Waals surface area contributed by atoms with Crippen LogP contribution in [-0.2, 0) is 9.53 Å². The van der Waals surface area contributed by atoms with Gasteiger partial charge in [0.2, 0.25) is 5.91 Å². The Balaban J connectivity index is 1.41. The second-order valence-electron chi connectivity index (χ2n) is 9.07. The van der Waals surface area contributed by atoms with Crippen molar-refractivity contribution in [3.63, 3.8) is 0 Å². The third-order valence-corrected chi connectivity index (χ3v) is 6.80. The van der Waals surface area contributed by atoms with Crippen molar-refractivity contribution in [2.24, 2.45) is 17.8 Å². The average molecular weight is 320 g/mol. The van der Waals surface area contributed by atoms with Gasteiger partial charge < -0.3 is 10.1 Å². The molecule has 0 radical (unpaired) electrons. The Bertz CT molecular complexity index is 433. The van der Waals surface area contributed by atoms with Crippen LogP contribution in [0, 0.1) is 17.8 Å². The third-order valence-electron chi connectivity index (χ3n) is 6.80. The molecule has 4 aliphatic carbocycles. The van der Waals surface area contributed by atoms with E-state index in [4.69, 9.17) is 4.74 Å². The first kappa shape index (κ1) is 15.9. The van der Waals surface area contributed by atoms with Gasteiger partial charge in [-0.2, -0.15) is 0 Å². The van der Waals surface area contributed by atoms with Gasteiger partial charge in [0.15, 0.2) is 0 Å². The maximum Gasteiger partial charge on any atom is 0.237 e. The van der Waals surface area contributed by atoms with Crippen molar-refractivity contribution in [3.8, 4) is 0 Å². The standard InChI is InChI=1S/C19H32N2O2/c1-12-10-21(11-13(2)23-12)14(3)18(22)20-19-7-15-4-16(8-19)6-17(5-15)9-19/h12-17H,4-11H2,1-3H3,(H,20,22)/t12-,13-,14+,15?,16?,17?,19?/m1/s1. The highest BCUT2D eigenvalue weighted by atomic mass is 16.5. The van der Waals surface area contributed by atoms with Crippen molar-refractivity contribution in [2.75, 3.05) is 13.1 Å². The van der Waals surface area contributed by atoms with E-state index in [1.54, 1.807) is 0 Å². The Morgan fingerprint density at radius 2 is 1.52 bits per heavy atom. The zero-order chi connectivity index (χ0) is 16.2. The van der Waals surface area contributed by atoms with E-state index in [1.807, 2.05) is 0 Å². The largest absolute Gasteiger partial charge is 0.373 e. The molecule has 4 saturated carbocycles. The van der Waals surface area contributed by atoms with Crippen molar-refractivity contribution in [3.05, 3.63) is 0 Å². The Kier molecular flexibility index (Phi) is 3.96. The molecule has 1 heterocycles. The minimum Gasteiger partial charge on any atom is -0.373 e. The molecule has 4 bridgehead atoms. The first-order chi connectivity index (χ1) is 10.9. The van der Waals surface area contributed by atoms with Gasteiger partial charge in [0.1, 0.15) is 0 Å². The maximum absolute atomic E-state index is 12.9. The molecule has 1 saturated heterocycles. The van der Waals surface area contributed by atoms with Crippen molar-refractivity contribution in [2.45, 2.75) is 83.1 Å². The van der Waals surface area contributed by atoms with Crippen LogP contribution in [0.1, 0.15) is 59.3 Å². The van der Waals surface area contributed by atoms with Crippen LogP contribution in [0.5, 0.6) is 0 Å². The van der Waals surface area contributed by atoms with Gasteiger partial charge in [-0.1, -0.05) is 0 Å². The first-order valence-corrected chi connectivity index (χ1v) is 9.64. The molecule has 1 N–H and O–H groups in total. The van der Waals surface area contributed by atoms with Gasteiger partial charge in [-0.15, -0.1) is 0 Å². The van der Waals surface area contributed by atoms with E-state index in [9.17, 15) is 4.79 Å². The zero-order valence-electron chi connectivity index (χ0n) is 14.9. The van der Waals surface area contributed by atoms with Gasteiger partial charge >= 0.3 is 0 Å². The van der Waals surface area contributed by atoms with Crippen LogP contribution in [0.2, 0.25) is 0 Å². The molecule has 4 heteroatoms. The smallest absolute Gasteiger partial charge is 0.237 e. The fourth-order valence-electron chi connectivity index (χ4n) is 6.33. The predicted octanol–water partition coefficient (Wildman–Crippen LogP) is 2.57. The molecule has 23 heavy (non-hydrogen) atoms. The summed E-state index contributed by atoms with van der Waals surface area (Å²) in [5.74, 6) is 2.87. The summed E-state index contributed by atoms with van der Waals surface area (Å²) in [5.41, 5.74) is 0.129. The first-order valence-electron chi connectivity index (χ1n) is 9.64. The molecular formula is C19H32N2O2. The summed E-state index contributed by atoms with van der Waals surface area (Å²) in [4.78, 5) is 15.2. The van der Waals surface area contributed by atoms with Crippen molar-refractivity contribution in [1.29, 1.82) is 0 Å². The van der Waals surface area contributed by atoms with Gasteiger partial charge in [0, 0.05) is 18.6 Å². The van der Waals surface area contributed by atoms with E-state index in [-0.39, 0.29) is 29.7 Å². The Hall–Kier alpha value is -0.610. The van der Waals surface area contributed by atoms with Gasteiger partial charge in [0.05, 0.1) is 18.2 Å². The lowest BCUT2D eigenvalue weighted by Gasteiger charge is -2.57. The fraction of sp³-hybridized carbons (Fsp3) is 0.947. The predicted molar refractivity (Wildman–Crippen MR) is 90.1 cm³/mol. The molecule has 5 fully saturated rings. The molecule has 130 valence electrons. The van der Waals surface area contributed by atoms with Crippen LogP contribution in [0.25, 0.3) is 0 Å². The SMILES string of the molecule is C[C@@H]1CN([C@@H](C)C(=O)NC23CC4CC(CC(C4)C2)C3)C[C@@H](C)O1. The number of carbonyl (C=O) groups is 1. The van der Waals surface area contributed by atoms with Gasteiger partial charge in [0.25, 0.3) is 0 Å². The second-order valence-corrected chi connectivity index (χ2v) is 9.07. The third kappa shape index (κ3) is 3.05. The number of hydrogen-bond acceptors (Lipinski definition) is 3. The summed E-state index contributed by atoms with van der Waals surface area (Å²) in [6.07, 6.45) is 8.38. The summed E-state index contributed by atoms with van der Waals surface area (Å²) in [6, 6.07) is -0.0446. The topological polar surface area (TPSA) is 41.6 Å². The average Bonchev–Trinajstić information content (AvgIpc) is 2.43. The number of amides is 1. The van der Waals surface area contributed by atoms with E-state index in [0.717, 1.165) is 30.8 Å². The lowest BCUT2D eigenvalue weighted by atomic mass is 9.53. The van der Waals surface area contributed by atoms with E-state index >= 15 is 0 Å². The highest BCUT2D eigenvalue weighted by Gasteiger charge is 2.51. The van der Waals surface area contributed by atoms with Crippen molar-refractivity contribution in [1.82, 2.24) is 10.2 Å². The molecular weight excluding hydrogens is 288 g/mol. The molecule has 1 aliphatic heterocycles. The quantitative estimate of drug-likeness (QED) is 0.869. The van der Waals surface area contributed by atoms with Crippen molar-refractivity contribution < 1.29 is 9.53 Å². The van der Waals surface area contributed by atoms with Gasteiger partial charge in [-0.25, -0.2) is 0 Å². The number of morpholine rings is 1. The van der Waals surface area contributed by atoms with Gasteiger partial charge in [-0.3, -0.25) is 9.69 Å². The van der Waals surface area contributed by atoms with Crippen LogP contribution in [-0.4, -0.2) is 47.7 Å². The normalized spacial score (nSPS) is 47.5. The van der Waals surface area contributed by atoms with Crippen LogP contribution in [0.4, 0.5) is 0 Å². The van der Waals surface area contributed by atoms with E-state index in [1.165, 1.54) is 38.5 Å². The van der Waals surface area contributed by atoms with Crippen molar-refractivity contribution >= 4 is 5.91 Å². The number of nitrogens with zero attached hydrogens (tertiary/aromatic N) is 1. The summed E-state index contributed by atoms with van der Waals surface area (Å²) >= 11 is 0. The van der Waals surface area contributed by atoms with E-state index < -0.39 is 0 Å². The fourth-order valence-corrected chi connectivity index (χ4v) is 6.33. The summed E-state index contributed by atoms with van der Waals surface area (Å²) in [7, 11) is 0. The highest BCUT2D eigenvalue weighted by molar-refractivity contribution is 5.82. The number of hydrogen-bond donors (Lipinski definition) is 1. The zero-order valence-corrected chi connectivity index (χ0v) is 14.9. The molecule has 1 amide bonds. The molecule has 3 atom stereocenters. The Morgan fingerprint density at radius 3 is 2.00 bits per heavy atom. The molecule has 4 nitrogen and oxygen atoms in total. The van der Waals surface area contributed by atoms with Crippen LogP contribution >= 0.6 is 0 Å². The summed E-state index contributed by atoms with van der Waals surface area (Å²) in [6.45, 7) is 8.00. The second kappa shape index (κ2) is 5.73. The number of rotatable bonds is 3. The number of ether oxygens (including phenoxy) is 1. The number of nitrogens with one attached hydrogen (secondary N) is 1. The molecule has 5 aliphatic rings.